The molecule has 3 N–H and O–H groups in total. The van der Waals surface area contributed by atoms with Gasteiger partial charge in [0.15, 0.2) is 0 Å². The zero-order valence-electron chi connectivity index (χ0n) is 11.1. The van der Waals surface area contributed by atoms with Crippen LogP contribution in [0.3, 0.4) is 0 Å². The van der Waals surface area contributed by atoms with Crippen molar-refractivity contribution in [1.29, 1.82) is 0 Å². The maximum Gasteiger partial charge on any atom is 0.224 e. The number of halogens is 1. The van der Waals surface area contributed by atoms with Crippen LogP contribution < -0.4 is 11.1 Å². The molecule has 2 aromatic carbocycles. The number of anilines is 1. The Balaban J connectivity index is 1.78. The lowest BCUT2D eigenvalue weighted by Gasteiger charge is -2.07. The molecular weight excluding hydrogens is 272 g/mol. The number of carbonyl (C=O) groups excluding carboxylic acids is 1. The van der Waals surface area contributed by atoms with E-state index in [2.05, 4.69) is 5.32 Å². The summed E-state index contributed by atoms with van der Waals surface area (Å²) in [5, 5.41) is 3.61. The minimum absolute atomic E-state index is 0.0168. The van der Waals surface area contributed by atoms with E-state index in [-0.39, 0.29) is 5.91 Å². The number of nitrogens with one attached hydrogen (secondary N) is 1. The lowest BCUT2D eigenvalue weighted by atomic mass is 10.1. The van der Waals surface area contributed by atoms with Crippen molar-refractivity contribution in [3.8, 4) is 0 Å². The summed E-state index contributed by atoms with van der Waals surface area (Å²) in [7, 11) is 0. The van der Waals surface area contributed by atoms with E-state index >= 15 is 0 Å². The summed E-state index contributed by atoms with van der Waals surface area (Å²) in [4.78, 5) is 11.8. The molecule has 0 spiro atoms. The molecule has 104 valence electrons. The van der Waals surface area contributed by atoms with Gasteiger partial charge in [-0.05, 0) is 35.7 Å². The van der Waals surface area contributed by atoms with Crippen molar-refractivity contribution in [2.45, 2.75) is 12.8 Å². The van der Waals surface area contributed by atoms with Crippen LogP contribution in [0, 0.1) is 0 Å². The largest absolute Gasteiger partial charge is 0.398 e. The molecule has 4 heteroatoms. The summed E-state index contributed by atoms with van der Waals surface area (Å²) in [5.74, 6) is -0.0168. The minimum Gasteiger partial charge on any atom is -0.398 e. The zero-order valence-corrected chi connectivity index (χ0v) is 11.9. The van der Waals surface area contributed by atoms with Gasteiger partial charge >= 0.3 is 0 Å². The van der Waals surface area contributed by atoms with Gasteiger partial charge in [0.05, 0.1) is 6.42 Å². The van der Waals surface area contributed by atoms with Crippen LogP contribution in [0.4, 0.5) is 5.69 Å². The van der Waals surface area contributed by atoms with Gasteiger partial charge in [0.2, 0.25) is 5.91 Å². The molecule has 0 bridgehead atoms. The van der Waals surface area contributed by atoms with Crippen LogP contribution in [0.1, 0.15) is 11.1 Å². The molecule has 0 saturated heterocycles. The van der Waals surface area contributed by atoms with Crippen molar-refractivity contribution >= 4 is 23.2 Å². The van der Waals surface area contributed by atoms with Gasteiger partial charge in [-0.15, -0.1) is 0 Å². The van der Waals surface area contributed by atoms with E-state index in [4.69, 9.17) is 17.3 Å². The molecule has 0 fully saturated rings. The first-order valence-corrected chi connectivity index (χ1v) is 6.87. The summed E-state index contributed by atoms with van der Waals surface area (Å²) < 4.78 is 0. The van der Waals surface area contributed by atoms with E-state index in [9.17, 15) is 4.79 Å². The second-order valence-electron chi connectivity index (χ2n) is 4.60. The maximum absolute atomic E-state index is 11.8. The van der Waals surface area contributed by atoms with Crippen molar-refractivity contribution in [1.82, 2.24) is 5.32 Å². The van der Waals surface area contributed by atoms with Gasteiger partial charge in [-0.1, -0.05) is 41.9 Å². The molecule has 0 aliphatic heterocycles. The molecule has 0 saturated carbocycles. The third-order valence-corrected chi connectivity index (χ3v) is 3.31. The predicted octanol–water partition coefficient (Wildman–Crippen LogP) is 2.82. The number of nitrogens with two attached hydrogens (primary N) is 1. The Kier molecular flexibility index (Phi) is 5.02. The van der Waals surface area contributed by atoms with Gasteiger partial charge in [0.25, 0.3) is 0 Å². The Bertz CT molecular complexity index is 581. The maximum atomic E-state index is 11.8. The molecule has 2 aromatic rings. The summed E-state index contributed by atoms with van der Waals surface area (Å²) in [6, 6.07) is 15.0. The standard InChI is InChI=1S/C16H17ClN2O/c17-14-7-5-12(6-8-14)9-10-19-16(20)11-13-3-1-2-4-15(13)18/h1-8H,9-11,18H2,(H,19,20). The van der Waals surface area contributed by atoms with Crippen LogP contribution in [0.15, 0.2) is 48.5 Å². The lowest BCUT2D eigenvalue weighted by Crippen LogP contribution is -2.27. The second-order valence-corrected chi connectivity index (χ2v) is 5.04. The van der Waals surface area contributed by atoms with Crippen molar-refractivity contribution < 1.29 is 4.79 Å². The van der Waals surface area contributed by atoms with Crippen LogP contribution in [-0.4, -0.2) is 12.5 Å². The van der Waals surface area contributed by atoms with Crippen molar-refractivity contribution in [2.24, 2.45) is 0 Å². The Morgan fingerprint density at radius 2 is 1.80 bits per heavy atom. The SMILES string of the molecule is Nc1ccccc1CC(=O)NCCc1ccc(Cl)cc1. The minimum atomic E-state index is -0.0168. The van der Waals surface area contributed by atoms with Gasteiger partial charge in [0, 0.05) is 17.3 Å². The first kappa shape index (κ1) is 14.4. The molecule has 20 heavy (non-hydrogen) atoms. The Morgan fingerprint density at radius 3 is 2.50 bits per heavy atom. The van der Waals surface area contributed by atoms with Crippen LogP contribution in [0.2, 0.25) is 5.02 Å². The third kappa shape index (κ3) is 4.28. The van der Waals surface area contributed by atoms with E-state index in [0.29, 0.717) is 18.7 Å². The van der Waals surface area contributed by atoms with E-state index in [1.165, 1.54) is 0 Å². The molecule has 1 amide bonds. The normalized spacial score (nSPS) is 10.2. The third-order valence-electron chi connectivity index (χ3n) is 3.06. The molecule has 0 unspecified atom stereocenters. The fraction of sp³-hybridized carbons (Fsp3) is 0.188. The van der Waals surface area contributed by atoms with Gasteiger partial charge in [-0.3, -0.25) is 4.79 Å². The Morgan fingerprint density at radius 1 is 1.10 bits per heavy atom. The quantitative estimate of drug-likeness (QED) is 0.831. The van der Waals surface area contributed by atoms with Gasteiger partial charge in [-0.2, -0.15) is 0 Å². The zero-order chi connectivity index (χ0) is 14.4. The first-order valence-electron chi connectivity index (χ1n) is 6.49. The summed E-state index contributed by atoms with van der Waals surface area (Å²) in [5.41, 5.74) is 8.47. The smallest absolute Gasteiger partial charge is 0.224 e. The Labute approximate surface area is 123 Å². The van der Waals surface area contributed by atoms with Crippen molar-refractivity contribution in [3.05, 3.63) is 64.7 Å². The summed E-state index contributed by atoms with van der Waals surface area (Å²) in [6.07, 6.45) is 1.10. The molecule has 2 rings (SSSR count). The Hall–Kier alpha value is -2.00. The van der Waals surface area contributed by atoms with Crippen LogP contribution in [0.25, 0.3) is 0 Å². The highest BCUT2D eigenvalue weighted by atomic mass is 35.5. The van der Waals surface area contributed by atoms with E-state index < -0.39 is 0 Å². The van der Waals surface area contributed by atoms with Crippen LogP contribution >= 0.6 is 11.6 Å². The van der Waals surface area contributed by atoms with Gasteiger partial charge < -0.3 is 11.1 Å². The van der Waals surface area contributed by atoms with Crippen molar-refractivity contribution in [3.63, 3.8) is 0 Å². The molecule has 0 radical (unpaired) electrons. The molecule has 0 heterocycles. The number of amides is 1. The second kappa shape index (κ2) is 6.96. The highest BCUT2D eigenvalue weighted by Gasteiger charge is 2.05. The number of para-hydroxylation sites is 1. The lowest BCUT2D eigenvalue weighted by molar-refractivity contribution is -0.120. The average Bonchev–Trinajstić information content (AvgIpc) is 2.44. The number of rotatable bonds is 5. The van der Waals surface area contributed by atoms with Crippen molar-refractivity contribution in [2.75, 3.05) is 12.3 Å². The number of nitrogen functional groups attached to an aromatic ring is 1. The van der Waals surface area contributed by atoms with E-state index in [1.807, 2.05) is 42.5 Å². The topological polar surface area (TPSA) is 55.1 Å². The van der Waals surface area contributed by atoms with Crippen LogP contribution in [-0.2, 0) is 17.6 Å². The molecule has 0 aromatic heterocycles. The number of carbonyl (C=O) groups is 1. The highest BCUT2D eigenvalue weighted by molar-refractivity contribution is 6.30. The molecule has 0 aliphatic rings. The average molecular weight is 289 g/mol. The first-order chi connectivity index (χ1) is 9.65. The van der Waals surface area contributed by atoms with E-state index in [1.54, 1.807) is 6.07 Å². The molecule has 0 atom stereocenters. The van der Waals surface area contributed by atoms with Gasteiger partial charge in [0.1, 0.15) is 0 Å². The number of hydrogen-bond donors (Lipinski definition) is 2. The molecule has 0 aliphatic carbocycles. The summed E-state index contributed by atoms with van der Waals surface area (Å²) >= 11 is 5.82. The fourth-order valence-electron chi connectivity index (χ4n) is 1.93. The van der Waals surface area contributed by atoms with E-state index in [0.717, 1.165) is 22.6 Å². The van der Waals surface area contributed by atoms with Gasteiger partial charge in [-0.25, -0.2) is 0 Å². The van der Waals surface area contributed by atoms with Crippen LogP contribution in [0.5, 0.6) is 0 Å². The molecular formula is C16H17ClN2O. The number of hydrogen-bond acceptors (Lipinski definition) is 2. The predicted molar refractivity (Wildman–Crippen MR) is 82.7 cm³/mol. The highest BCUT2D eigenvalue weighted by Crippen LogP contribution is 2.11. The fourth-order valence-corrected chi connectivity index (χ4v) is 2.05. The molecule has 3 nitrogen and oxygen atoms in total. The monoisotopic (exact) mass is 288 g/mol. The summed E-state index contributed by atoms with van der Waals surface area (Å²) in [6.45, 7) is 0.604. The number of benzene rings is 2.